The van der Waals surface area contributed by atoms with Crippen molar-refractivity contribution < 1.29 is 4.74 Å². The quantitative estimate of drug-likeness (QED) is 0.549. The Morgan fingerprint density at radius 3 is 2.16 bits per heavy atom. The molecule has 0 unspecified atom stereocenters. The van der Waals surface area contributed by atoms with Crippen molar-refractivity contribution in [2.45, 2.75) is 26.7 Å². The minimum absolute atomic E-state index is 0.0769. The summed E-state index contributed by atoms with van der Waals surface area (Å²) < 4.78 is 5.66. The topological polar surface area (TPSA) is 37.4 Å². The smallest absolute Gasteiger partial charge is 0.269 e. The van der Waals surface area contributed by atoms with Gasteiger partial charge in [0.2, 0.25) is 0 Å². The molecule has 0 saturated carbocycles. The molecule has 0 N–H and O–H groups in total. The van der Waals surface area contributed by atoms with E-state index in [0.717, 1.165) is 12.8 Å². The molecular weight excluding hydrogens is 236 g/mol. The number of allylic oxidation sites excluding steroid dienone is 8. The monoisotopic (exact) mass is 252 g/mol. The van der Waals surface area contributed by atoms with Crippen molar-refractivity contribution >= 4 is 0 Å². The predicted octanol–water partition coefficient (Wildman–Crippen LogP) is 4.41. The van der Waals surface area contributed by atoms with Crippen molar-refractivity contribution in [1.29, 1.82) is 5.26 Å². The lowest BCUT2D eigenvalue weighted by atomic mass is 10.1. The van der Waals surface area contributed by atoms with Crippen molar-refractivity contribution in [3.8, 4) is 6.07 Å². The van der Waals surface area contributed by atoms with E-state index in [0.29, 0.717) is 17.1 Å². The van der Waals surface area contributed by atoms with Gasteiger partial charge in [-0.25, -0.2) is 10.1 Å². The minimum Gasteiger partial charge on any atom is -0.457 e. The number of nitriles is 1. The molecule has 0 aromatic carbocycles. The van der Waals surface area contributed by atoms with Crippen LogP contribution >= 0.6 is 0 Å². The average molecular weight is 252 g/mol. The largest absolute Gasteiger partial charge is 0.457 e. The molecule has 1 rings (SSSR count). The normalized spacial score (nSPS) is 14.6. The molecule has 0 atom stereocenters. The second-order valence-electron chi connectivity index (χ2n) is 3.84. The van der Waals surface area contributed by atoms with Crippen LogP contribution in [0.3, 0.4) is 0 Å². The summed E-state index contributed by atoms with van der Waals surface area (Å²) in [5, 5.41) is 8.95. The van der Waals surface area contributed by atoms with Gasteiger partial charge in [0.25, 0.3) is 5.70 Å². The number of hydrogen-bond acceptors (Lipinski definition) is 2. The van der Waals surface area contributed by atoms with E-state index in [1.165, 1.54) is 0 Å². The highest BCUT2D eigenvalue weighted by atomic mass is 16.5. The zero-order chi connectivity index (χ0) is 14.1. The van der Waals surface area contributed by atoms with Crippen molar-refractivity contribution in [2.75, 3.05) is 0 Å². The highest BCUT2D eigenvalue weighted by Crippen LogP contribution is 2.24. The fourth-order valence-electron chi connectivity index (χ4n) is 1.47. The maximum Gasteiger partial charge on any atom is 0.269 e. The van der Waals surface area contributed by atoms with Gasteiger partial charge in [-0.3, -0.25) is 0 Å². The maximum atomic E-state index is 8.95. The summed E-state index contributed by atoms with van der Waals surface area (Å²) in [5.74, 6) is 1.29. The van der Waals surface area contributed by atoms with Gasteiger partial charge in [0.05, 0.1) is 12.6 Å². The van der Waals surface area contributed by atoms with Crippen LogP contribution in [0.15, 0.2) is 59.2 Å². The first-order chi connectivity index (χ1) is 9.24. The van der Waals surface area contributed by atoms with Crippen LogP contribution in [0.1, 0.15) is 26.7 Å². The second-order valence-corrected chi connectivity index (χ2v) is 3.84. The van der Waals surface area contributed by atoms with E-state index in [1.807, 2.05) is 44.2 Å². The summed E-state index contributed by atoms with van der Waals surface area (Å²) in [7, 11) is 0. The Morgan fingerprint density at radius 1 is 1.26 bits per heavy atom. The van der Waals surface area contributed by atoms with Crippen LogP contribution in [0.25, 0.3) is 4.85 Å². The maximum absolute atomic E-state index is 8.95. The van der Waals surface area contributed by atoms with Crippen LogP contribution in [0.5, 0.6) is 0 Å². The van der Waals surface area contributed by atoms with Crippen LogP contribution in [0.4, 0.5) is 0 Å². The van der Waals surface area contributed by atoms with Gasteiger partial charge in [-0.05, 0) is 42.7 Å². The standard InChI is InChI=1S/C16H16N2O/c1-4-6-8-14-10-13(16(12-17)18-3)11-15(19-14)9-7-5-2/h6-11H,4-5H2,1-2H3/b8-6+,9-7+. The van der Waals surface area contributed by atoms with Gasteiger partial charge in [-0.2, -0.15) is 0 Å². The van der Waals surface area contributed by atoms with E-state index in [9.17, 15) is 0 Å². The third kappa shape index (κ3) is 4.33. The Labute approximate surface area is 114 Å². The van der Waals surface area contributed by atoms with Gasteiger partial charge in [0, 0.05) is 0 Å². The molecule has 3 heteroatoms. The van der Waals surface area contributed by atoms with Crippen molar-refractivity contribution in [2.24, 2.45) is 0 Å². The first-order valence-corrected chi connectivity index (χ1v) is 6.21. The summed E-state index contributed by atoms with van der Waals surface area (Å²) in [6.45, 7) is 11.1. The predicted molar refractivity (Wildman–Crippen MR) is 75.4 cm³/mol. The molecular formula is C16H16N2O. The molecule has 0 aromatic heterocycles. The Hall–Kier alpha value is -2.52. The van der Waals surface area contributed by atoms with E-state index in [1.54, 1.807) is 12.2 Å². The third-order valence-corrected chi connectivity index (χ3v) is 2.36. The number of hydrogen-bond donors (Lipinski definition) is 0. The zero-order valence-corrected chi connectivity index (χ0v) is 11.2. The van der Waals surface area contributed by atoms with E-state index in [4.69, 9.17) is 16.6 Å². The van der Waals surface area contributed by atoms with Gasteiger partial charge < -0.3 is 4.74 Å². The second kappa shape index (κ2) is 7.74. The highest BCUT2D eigenvalue weighted by molar-refractivity contribution is 5.51. The van der Waals surface area contributed by atoms with Crippen LogP contribution in [0, 0.1) is 17.9 Å². The molecule has 3 nitrogen and oxygen atoms in total. The van der Waals surface area contributed by atoms with Crippen LogP contribution in [-0.2, 0) is 4.74 Å². The molecule has 0 aromatic rings. The fourth-order valence-corrected chi connectivity index (χ4v) is 1.47. The van der Waals surface area contributed by atoms with Crippen molar-refractivity contribution in [3.05, 3.63) is 70.7 Å². The SMILES string of the molecule is [C-]#[N+]C(C#N)=C1C=C(/C=C/CC)OC(/C=C/CC)=C1. The Morgan fingerprint density at radius 2 is 1.79 bits per heavy atom. The first-order valence-electron chi connectivity index (χ1n) is 6.21. The molecule has 0 radical (unpaired) electrons. The van der Waals surface area contributed by atoms with E-state index >= 15 is 0 Å². The molecule has 1 aliphatic rings. The highest BCUT2D eigenvalue weighted by Gasteiger charge is 2.11. The molecule has 0 fully saturated rings. The van der Waals surface area contributed by atoms with Crippen molar-refractivity contribution in [3.63, 3.8) is 0 Å². The first kappa shape index (κ1) is 14.5. The lowest BCUT2D eigenvalue weighted by Gasteiger charge is -2.14. The Balaban J connectivity index is 3.19. The molecule has 0 amide bonds. The number of rotatable bonds is 4. The van der Waals surface area contributed by atoms with Gasteiger partial charge in [0.1, 0.15) is 11.5 Å². The lowest BCUT2D eigenvalue weighted by molar-refractivity contribution is 0.331. The van der Waals surface area contributed by atoms with Gasteiger partial charge in [0.15, 0.2) is 0 Å². The van der Waals surface area contributed by atoms with E-state index in [-0.39, 0.29) is 5.70 Å². The average Bonchev–Trinajstić information content (AvgIpc) is 2.44. The Kier molecular flexibility index (Phi) is 5.92. The molecule has 1 heterocycles. The molecule has 96 valence electrons. The zero-order valence-electron chi connectivity index (χ0n) is 11.2. The minimum atomic E-state index is 0.0769. The Bertz CT molecular complexity index is 513. The molecule has 0 bridgehead atoms. The van der Waals surface area contributed by atoms with Gasteiger partial charge in [-0.15, -0.1) is 0 Å². The third-order valence-electron chi connectivity index (χ3n) is 2.36. The van der Waals surface area contributed by atoms with Crippen LogP contribution < -0.4 is 0 Å². The molecule has 0 spiro atoms. The summed E-state index contributed by atoms with van der Waals surface area (Å²) in [6.07, 6.45) is 12.9. The van der Waals surface area contributed by atoms with E-state index < -0.39 is 0 Å². The summed E-state index contributed by atoms with van der Waals surface area (Å²) in [5.41, 5.74) is 0.670. The summed E-state index contributed by atoms with van der Waals surface area (Å²) in [6, 6.07) is 1.91. The molecule has 0 aliphatic carbocycles. The summed E-state index contributed by atoms with van der Waals surface area (Å²) >= 11 is 0. The fraction of sp³-hybridized carbons (Fsp3) is 0.250. The van der Waals surface area contributed by atoms with Gasteiger partial charge >= 0.3 is 0 Å². The molecule has 0 saturated heterocycles. The molecule has 1 aliphatic heterocycles. The summed E-state index contributed by atoms with van der Waals surface area (Å²) in [4.78, 5) is 3.24. The number of nitrogens with zero attached hydrogens (tertiary/aromatic N) is 2. The lowest BCUT2D eigenvalue weighted by Crippen LogP contribution is -1.98. The molecule has 19 heavy (non-hydrogen) atoms. The van der Waals surface area contributed by atoms with E-state index in [2.05, 4.69) is 4.85 Å². The van der Waals surface area contributed by atoms with Crippen LogP contribution in [0.2, 0.25) is 0 Å². The van der Waals surface area contributed by atoms with Gasteiger partial charge in [-0.1, -0.05) is 26.0 Å². The number of ether oxygens (including phenoxy) is 1. The van der Waals surface area contributed by atoms with Crippen LogP contribution in [-0.4, -0.2) is 0 Å². The van der Waals surface area contributed by atoms with Crippen molar-refractivity contribution in [1.82, 2.24) is 0 Å².